The van der Waals surface area contributed by atoms with Crippen LogP contribution in [0, 0.1) is 0 Å². The molecule has 0 aliphatic carbocycles. The fourth-order valence-electron chi connectivity index (χ4n) is 3.53. The number of carboxylic acids is 1. The van der Waals surface area contributed by atoms with Gasteiger partial charge in [-0.25, -0.2) is 0 Å². The summed E-state index contributed by atoms with van der Waals surface area (Å²) in [5, 5.41) is 19.9. The van der Waals surface area contributed by atoms with Crippen molar-refractivity contribution in [2.45, 2.75) is 141 Å². The zero-order valence-electron chi connectivity index (χ0n) is 18.5. The van der Waals surface area contributed by atoms with Gasteiger partial charge in [0.05, 0.1) is 6.10 Å². The number of aliphatic hydroxyl groups is 1. The molecule has 1 N–H and O–H groups in total. The minimum Gasteiger partial charge on any atom is -0.550 e. The molecule has 27 heavy (non-hydrogen) atoms. The van der Waals surface area contributed by atoms with E-state index in [1.165, 1.54) is 96.3 Å². The Balaban J connectivity index is 0. The van der Waals surface area contributed by atoms with E-state index < -0.39 is 12.1 Å². The summed E-state index contributed by atoms with van der Waals surface area (Å²) in [5.74, 6) is -1.06. The molecule has 4 heteroatoms. The van der Waals surface area contributed by atoms with E-state index >= 15 is 0 Å². The minimum atomic E-state index is -1.06. The normalized spacial score (nSPS) is 11.9. The van der Waals surface area contributed by atoms with E-state index in [0.717, 1.165) is 19.3 Å². The smallest absolute Gasteiger partial charge is 0.550 e. The first kappa shape index (κ1) is 29.6. The van der Waals surface area contributed by atoms with Crippen LogP contribution in [-0.4, -0.2) is 17.2 Å². The van der Waals surface area contributed by atoms with Gasteiger partial charge in [0.2, 0.25) is 0 Å². The van der Waals surface area contributed by atoms with E-state index in [0.29, 0.717) is 6.42 Å². The van der Waals surface area contributed by atoms with Gasteiger partial charge in [0.25, 0.3) is 0 Å². The molecule has 0 saturated carbocycles. The predicted molar refractivity (Wildman–Crippen MR) is 109 cm³/mol. The second kappa shape index (κ2) is 24.5. The van der Waals surface area contributed by atoms with Gasteiger partial charge in [0, 0.05) is 5.97 Å². The van der Waals surface area contributed by atoms with Crippen molar-refractivity contribution in [1.29, 1.82) is 0 Å². The molecule has 0 amide bonds. The first-order chi connectivity index (χ1) is 12.7. The monoisotopic (exact) mass is 392 g/mol. The van der Waals surface area contributed by atoms with Gasteiger partial charge in [0.15, 0.2) is 0 Å². The van der Waals surface area contributed by atoms with E-state index in [1.54, 1.807) is 0 Å². The van der Waals surface area contributed by atoms with Crippen molar-refractivity contribution in [3.05, 3.63) is 0 Å². The van der Waals surface area contributed by atoms with E-state index in [-0.39, 0.29) is 36.0 Å². The van der Waals surface area contributed by atoms with Crippen molar-refractivity contribution in [3.63, 3.8) is 0 Å². The molecule has 0 rings (SSSR count). The Labute approximate surface area is 191 Å². The van der Waals surface area contributed by atoms with Crippen LogP contribution in [0.4, 0.5) is 0 Å². The maximum atomic E-state index is 10.3. The molecular formula is C23H45NaO3. The van der Waals surface area contributed by atoms with Crippen LogP contribution < -0.4 is 34.7 Å². The molecule has 0 bridgehead atoms. The summed E-state index contributed by atoms with van der Waals surface area (Å²) in [6.45, 7) is 2.27. The topological polar surface area (TPSA) is 60.4 Å². The maximum absolute atomic E-state index is 10.3. The van der Waals surface area contributed by atoms with E-state index in [4.69, 9.17) is 0 Å². The average molecular weight is 393 g/mol. The molecular weight excluding hydrogens is 347 g/mol. The quantitative estimate of drug-likeness (QED) is 0.241. The third kappa shape index (κ3) is 26.4. The van der Waals surface area contributed by atoms with Crippen molar-refractivity contribution in [2.24, 2.45) is 0 Å². The third-order valence-corrected chi connectivity index (χ3v) is 5.32. The minimum absolute atomic E-state index is 0. The van der Waals surface area contributed by atoms with Crippen molar-refractivity contribution in [1.82, 2.24) is 0 Å². The van der Waals surface area contributed by atoms with Crippen LogP contribution in [0.25, 0.3) is 0 Å². The van der Waals surface area contributed by atoms with Gasteiger partial charge in [-0.1, -0.05) is 116 Å². The van der Waals surface area contributed by atoms with Crippen LogP contribution in [0.2, 0.25) is 0 Å². The Hall–Kier alpha value is 0.430. The molecule has 156 valence electrons. The summed E-state index contributed by atoms with van der Waals surface area (Å²) in [5.41, 5.74) is 0. The number of unbranched alkanes of at least 4 members (excludes halogenated alkanes) is 16. The van der Waals surface area contributed by atoms with Gasteiger partial charge < -0.3 is 15.0 Å². The summed E-state index contributed by atoms with van der Waals surface area (Å²) >= 11 is 0. The summed E-state index contributed by atoms with van der Waals surface area (Å²) in [4.78, 5) is 10.3. The van der Waals surface area contributed by atoms with Crippen LogP contribution >= 0.6 is 0 Å². The number of aliphatic carboxylic acids is 1. The number of hydrogen-bond donors (Lipinski definition) is 1. The molecule has 0 aromatic heterocycles. The third-order valence-electron chi connectivity index (χ3n) is 5.32. The Morgan fingerprint density at radius 2 is 1.00 bits per heavy atom. The zero-order valence-corrected chi connectivity index (χ0v) is 20.5. The van der Waals surface area contributed by atoms with Gasteiger partial charge >= 0.3 is 29.6 Å². The molecule has 0 aliphatic heterocycles. The largest absolute Gasteiger partial charge is 1.00 e. The molecule has 0 aromatic carbocycles. The Morgan fingerprint density at radius 3 is 1.33 bits per heavy atom. The number of carbonyl (C=O) groups is 1. The van der Waals surface area contributed by atoms with Gasteiger partial charge in [-0.3, -0.25) is 0 Å². The molecule has 0 saturated heterocycles. The molecule has 1 unspecified atom stereocenters. The standard InChI is InChI=1S/C23H46O3.Na/c1-2-3-4-5-6-7-8-9-10-11-12-13-14-15-16-17-18-19-22(24)20-21-23(25)26;/h22,24H,2-21H2,1H3,(H,25,26);/q;+1/p-1. The van der Waals surface area contributed by atoms with Crippen molar-refractivity contribution in [2.75, 3.05) is 0 Å². The summed E-state index contributed by atoms with van der Waals surface area (Å²) in [6, 6.07) is 0. The SMILES string of the molecule is CCCCCCCCCCCCCCCCCCCC(O)CCC(=O)[O-].[Na+]. The van der Waals surface area contributed by atoms with Crippen LogP contribution in [0.5, 0.6) is 0 Å². The van der Waals surface area contributed by atoms with Gasteiger partial charge in [-0.05, 0) is 19.3 Å². The van der Waals surface area contributed by atoms with E-state index in [9.17, 15) is 15.0 Å². The summed E-state index contributed by atoms with van der Waals surface area (Å²) < 4.78 is 0. The number of carboxylic acid groups (broad SMARTS) is 1. The molecule has 0 spiro atoms. The van der Waals surface area contributed by atoms with Gasteiger partial charge in [-0.15, -0.1) is 0 Å². The second-order valence-corrected chi connectivity index (χ2v) is 8.01. The Morgan fingerprint density at radius 1 is 0.667 bits per heavy atom. The van der Waals surface area contributed by atoms with Crippen molar-refractivity contribution in [3.8, 4) is 0 Å². The Kier molecular flexibility index (Phi) is 26.9. The van der Waals surface area contributed by atoms with Crippen LogP contribution in [0.3, 0.4) is 0 Å². The molecule has 0 radical (unpaired) electrons. The molecule has 0 aromatic rings. The van der Waals surface area contributed by atoms with Crippen LogP contribution in [0.1, 0.15) is 135 Å². The number of rotatable bonds is 21. The van der Waals surface area contributed by atoms with E-state index in [2.05, 4.69) is 6.92 Å². The van der Waals surface area contributed by atoms with Gasteiger partial charge in [0.1, 0.15) is 0 Å². The fourth-order valence-corrected chi connectivity index (χ4v) is 3.53. The average Bonchev–Trinajstić information content (AvgIpc) is 2.62. The second-order valence-electron chi connectivity index (χ2n) is 8.01. The Bertz CT molecular complexity index is 297. The summed E-state index contributed by atoms with van der Waals surface area (Å²) in [6.07, 6.45) is 23.5. The molecule has 0 aliphatic rings. The van der Waals surface area contributed by atoms with Crippen molar-refractivity contribution >= 4 is 5.97 Å². The van der Waals surface area contributed by atoms with Crippen molar-refractivity contribution < 1.29 is 44.6 Å². The number of aliphatic hydroxyl groups excluding tert-OH is 1. The number of carbonyl (C=O) groups excluding carboxylic acids is 1. The first-order valence-electron chi connectivity index (χ1n) is 11.5. The summed E-state index contributed by atoms with van der Waals surface area (Å²) in [7, 11) is 0. The zero-order chi connectivity index (χ0) is 19.3. The molecule has 3 nitrogen and oxygen atoms in total. The maximum Gasteiger partial charge on any atom is 1.00 e. The molecule has 0 heterocycles. The number of hydrogen-bond acceptors (Lipinski definition) is 3. The first-order valence-corrected chi connectivity index (χ1v) is 11.5. The fraction of sp³-hybridized carbons (Fsp3) is 0.957. The predicted octanol–water partition coefficient (Wildman–Crippen LogP) is 2.92. The van der Waals surface area contributed by atoms with Gasteiger partial charge in [-0.2, -0.15) is 0 Å². The van der Waals surface area contributed by atoms with Crippen LogP contribution in [0.15, 0.2) is 0 Å². The van der Waals surface area contributed by atoms with Crippen LogP contribution in [-0.2, 0) is 4.79 Å². The molecule has 0 fully saturated rings. The molecule has 1 atom stereocenters. The van der Waals surface area contributed by atoms with E-state index in [1.807, 2.05) is 0 Å².